The van der Waals surface area contributed by atoms with Gasteiger partial charge >= 0.3 is 5.97 Å². The molecule has 1 atom stereocenters. The van der Waals surface area contributed by atoms with E-state index in [9.17, 15) is 9.59 Å². The van der Waals surface area contributed by atoms with Crippen LogP contribution >= 0.6 is 0 Å². The zero-order valence-corrected chi connectivity index (χ0v) is 17.2. The normalized spacial score (nSPS) is 16.6. The monoisotopic (exact) mass is 406 g/mol. The van der Waals surface area contributed by atoms with E-state index < -0.39 is 0 Å². The molecule has 1 aliphatic rings. The summed E-state index contributed by atoms with van der Waals surface area (Å²) < 4.78 is 6.77. The standard InChI is InChI=1S/C23H26N4O3/c1-2-30-22(28)14-19-11-5-6-13-27(19)23(29)21-16-26(25-24-21)15-18-10-7-9-17-8-3-4-12-20(17)18/h3-4,7-10,12,16,19H,2,5-6,11,13-15H2,1H3/t19-/m1/s1. The Bertz CT molecular complexity index is 1040. The minimum atomic E-state index is -0.262. The lowest BCUT2D eigenvalue weighted by Gasteiger charge is -2.34. The third-order valence-corrected chi connectivity index (χ3v) is 5.57. The molecule has 1 aliphatic heterocycles. The Morgan fingerprint density at radius 3 is 2.83 bits per heavy atom. The molecule has 1 fully saturated rings. The van der Waals surface area contributed by atoms with Gasteiger partial charge in [0.2, 0.25) is 0 Å². The van der Waals surface area contributed by atoms with Crippen LogP contribution < -0.4 is 0 Å². The molecule has 2 heterocycles. The maximum absolute atomic E-state index is 13.1. The van der Waals surface area contributed by atoms with E-state index in [0.29, 0.717) is 25.4 Å². The number of aromatic nitrogens is 3. The zero-order valence-electron chi connectivity index (χ0n) is 17.2. The van der Waals surface area contributed by atoms with Gasteiger partial charge in [0.15, 0.2) is 5.69 Å². The number of esters is 1. The lowest BCUT2D eigenvalue weighted by Crippen LogP contribution is -2.45. The molecule has 1 amide bonds. The van der Waals surface area contributed by atoms with E-state index in [1.807, 2.05) is 18.2 Å². The number of fused-ring (bicyclic) bond motifs is 1. The fraction of sp³-hybridized carbons (Fsp3) is 0.391. The summed E-state index contributed by atoms with van der Waals surface area (Å²) >= 11 is 0. The lowest BCUT2D eigenvalue weighted by atomic mass is 9.99. The average Bonchev–Trinajstić information content (AvgIpc) is 3.23. The molecule has 7 nitrogen and oxygen atoms in total. The highest BCUT2D eigenvalue weighted by Gasteiger charge is 2.31. The van der Waals surface area contributed by atoms with Crippen molar-refractivity contribution < 1.29 is 14.3 Å². The summed E-state index contributed by atoms with van der Waals surface area (Å²) in [5, 5.41) is 10.6. The van der Waals surface area contributed by atoms with Crippen LogP contribution in [0.25, 0.3) is 10.8 Å². The van der Waals surface area contributed by atoms with Crippen molar-refractivity contribution in [2.24, 2.45) is 0 Å². The van der Waals surface area contributed by atoms with Crippen LogP contribution in [0.2, 0.25) is 0 Å². The van der Waals surface area contributed by atoms with Gasteiger partial charge in [-0.25, -0.2) is 4.68 Å². The summed E-state index contributed by atoms with van der Waals surface area (Å²) in [7, 11) is 0. The third kappa shape index (κ3) is 4.35. The van der Waals surface area contributed by atoms with E-state index in [1.54, 1.807) is 22.7 Å². The smallest absolute Gasteiger partial charge is 0.307 e. The van der Waals surface area contributed by atoms with Gasteiger partial charge in [-0.05, 0) is 42.5 Å². The fourth-order valence-electron chi connectivity index (χ4n) is 4.12. The zero-order chi connectivity index (χ0) is 20.9. The van der Waals surface area contributed by atoms with Crippen molar-refractivity contribution in [2.45, 2.75) is 45.2 Å². The number of hydrogen-bond donors (Lipinski definition) is 0. The summed E-state index contributed by atoms with van der Waals surface area (Å²) in [5.74, 6) is -0.435. The number of piperidine rings is 1. The van der Waals surface area contributed by atoms with E-state index >= 15 is 0 Å². The van der Waals surface area contributed by atoms with Gasteiger partial charge in [-0.1, -0.05) is 47.7 Å². The molecule has 156 valence electrons. The summed E-state index contributed by atoms with van der Waals surface area (Å²) in [6, 6.07) is 14.2. The first-order valence-electron chi connectivity index (χ1n) is 10.5. The Kier molecular flexibility index (Phi) is 6.07. The molecule has 2 aromatic carbocycles. The number of rotatable bonds is 6. The van der Waals surface area contributed by atoms with E-state index in [2.05, 4.69) is 34.6 Å². The summed E-state index contributed by atoms with van der Waals surface area (Å²) in [6.45, 7) is 3.30. The van der Waals surface area contributed by atoms with Crippen LogP contribution in [-0.4, -0.2) is 51.0 Å². The van der Waals surface area contributed by atoms with Crippen molar-refractivity contribution in [3.05, 3.63) is 59.9 Å². The second kappa shape index (κ2) is 9.07. The van der Waals surface area contributed by atoms with Gasteiger partial charge in [-0.15, -0.1) is 5.10 Å². The van der Waals surface area contributed by atoms with Crippen molar-refractivity contribution in [1.29, 1.82) is 0 Å². The average molecular weight is 406 g/mol. The number of hydrogen-bond acceptors (Lipinski definition) is 5. The Morgan fingerprint density at radius 1 is 1.13 bits per heavy atom. The molecule has 0 N–H and O–H groups in total. The molecule has 0 bridgehead atoms. The molecule has 1 aromatic heterocycles. The highest BCUT2D eigenvalue weighted by molar-refractivity contribution is 5.92. The Labute approximate surface area is 175 Å². The van der Waals surface area contributed by atoms with Gasteiger partial charge in [-0.2, -0.15) is 0 Å². The maximum atomic E-state index is 13.1. The van der Waals surface area contributed by atoms with Crippen molar-refractivity contribution in [3.8, 4) is 0 Å². The first-order chi connectivity index (χ1) is 14.7. The molecule has 1 saturated heterocycles. The molecular formula is C23H26N4O3. The molecule has 0 spiro atoms. The summed E-state index contributed by atoms with van der Waals surface area (Å²) in [5.41, 5.74) is 1.43. The Balaban J connectivity index is 1.49. The van der Waals surface area contributed by atoms with E-state index in [4.69, 9.17) is 4.74 Å². The van der Waals surface area contributed by atoms with Crippen LogP contribution in [-0.2, 0) is 16.1 Å². The molecule has 30 heavy (non-hydrogen) atoms. The topological polar surface area (TPSA) is 77.3 Å². The predicted molar refractivity (Wildman–Crippen MR) is 113 cm³/mol. The molecule has 0 radical (unpaired) electrons. The number of benzene rings is 2. The van der Waals surface area contributed by atoms with Crippen LogP contribution in [0.15, 0.2) is 48.7 Å². The Morgan fingerprint density at radius 2 is 1.97 bits per heavy atom. The minimum Gasteiger partial charge on any atom is -0.466 e. The van der Waals surface area contributed by atoms with Crippen molar-refractivity contribution in [3.63, 3.8) is 0 Å². The van der Waals surface area contributed by atoms with Crippen LogP contribution in [0.3, 0.4) is 0 Å². The SMILES string of the molecule is CCOC(=O)C[C@H]1CCCCN1C(=O)c1cn(Cc2cccc3ccccc23)nn1. The molecule has 7 heteroatoms. The minimum absolute atomic E-state index is 0.145. The molecule has 0 aliphatic carbocycles. The van der Waals surface area contributed by atoms with Gasteiger partial charge < -0.3 is 9.64 Å². The number of amides is 1. The van der Waals surface area contributed by atoms with Gasteiger partial charge in [0, 0.05) is 12.6 Å². The van der Waals surface area contributed by atoms with Gasteiger partial charge in [0.1, 0.15) is 0 Å². The Hall–Kier alpha value is -3.22. The quantitative estimate of drug-likeness (QED) is 0.586. The lowest BCUT2D eigenvalue weighted by molar-refractivity contribution is -0.144. The van der Waals surface area contributed by atoms with Crippen molar-refractivity contribution in [2.75, 3.05) is 13.2 Å². The molecular weight excluding hydrogens is 380 g/mol. The van der Waals surface area contributed by atoms with Crippen molar-refractivity contribution >= 4 is 22.6 Å². The fourth-order valence-corrected chi connectivity index (χ4v) is 4.12. The molecule has 4 rings (SSSR count). The predicted octanol–water partition coefficient (Wildman–Crippen LogP) is 3.43. The largest absolute Gasteiger partial charge is 0.466 e. The highest BCUT2D eigenvalue weighted by atomic mass is 16.5. The van der Waals surface area contributed by atoms with Crippen LogP contribution in [0.1, 0.15) is 48.7 Å². The van der Waals surface area contributed by atoms with Crippen molar-refractivity contribution in [1.82, 2.24) is 19.9 Å². The number of carbonyl (C=O) groups excluding carboxylic acids is 2. The van der Waals surface area contributed by atoms with Gasteiger partial charge in [0.25, 0.3) is 5.91 Å². The van der Waals surface area contributed by atoms with E-state index in [0.717, 1.165) is 30.2 Å². The van der Waals surface area contributed by atoms with Crippen LogP contribution in [0.4, 0.5) is 0 Å². The first kappa shape index (κ1) is 20.1. The maximum Gasteiger partial charge on any atom is 0.307 e. The highest BCUT2D eigenvalue weighted by Crippen LogP contribution is 2.23. The number of likely N-dealkylation sites (tertiary alicyclic amines) is 1. The second-order valence-corrected chi connectivity index (χ2v) is 7.60. The van der Waals surface area contributed by atoms with E-state index in [1.165, 1.54) is 5.39 Å². The number of ether oxygens (including phenoxy) is 1. The summed E-state index contributed by atoms with van der Waals surface area (Å²) in [4.78, 5) is 26.8. The molecule has 0 saturated carbocycles. The van der Waals surface area contributed by atoms with Gasteiger partial charge in [-0.3, -0.25) is 9.59 Å². The number of nitrogens with zero attached hydrogens (tertiary/aromatic N) is 4. The second-order valence-electron chi connectivity index (χ2n) is 7.60. The molecule has 0 unspecified atom stereocenters. The summed E-state index contributed by atoms with van der Waals surface area (Å²) in [6.07, 6.45) is 4.65. The van der Waals surface area contributed by atoms with Gasteiger partial charge in [0.05, 0.1) is 25.8 Å². The first-order valence-corrected chi connectivity index (χ1v) is 10.5. The van der Waals surface area contributed by atoms with Crippen LogP contribution in [0, 0.1) is 0 Å². The van der Waals surface area contributed by atoms with Crippen LogP contribution in [0.5, 0.6) is 0 Å². The molecule has 3 aromatic rings. The van der Waals surface area contributed by atoms with E-state index in [-0.39, 0.29) is 24.3 Å². The number of carbonyl (C=O) groups is 2. The third-order valence-electron chi connectivity index (χ3n) is 5.57.